The Morgan fingerprint density at radius 3 is 2.44 bits per heavy atom. The molecule has 0 amide bonds. The molecule has 2 rings (SSSR count). The molecule has 1 aromatic rings. The van der Waals surface area contributed by atoms with E-state index in [9.17, 15) is 4.79 Å². The topological polar surface area (TPSA) is 66.6 Å². The number of carboxylic acids is 1. The summed E-state index contributed by atoms with van der Waals surface area (Å²) in [5.74, 6) is -0.797. The number of benzene rings is 1. The number of aliphatic carboxylic acids is 1. The van der Waals surface area contributed by atoms with Crippen LogP contribution in [0.3, 0.4) is 0 Å². The predicted octanol–water partition coefficient (Wildman–Crippen LogP) is 1.45. The minimum absolute atomic E-state index is 0.0756. The molecule has 0 radical (unpaired) electrons. The van der Waals surface area contributed by atoms with E-state index in [0.717, 1.165) is 32.5 Å². The summed E-state index contributed by atoms with van der Waals surface area (Å²) in [6.45, 7) is 2.67. The molecule has 1 aliphatic heterocycles. The summed E-state index contributed by atoms with van der Waals surface area (Å²) in [6, 6.07) is 10.3. The van der Waals surface area contributed by atoms with E-state index in [1.165, 1.54) is 5.56 Å². The third kappa shape index (κ3) is 3.55. The van der Waals surface area contributed by atoms with Crippen molar-refractivity contribution in [3.05, 3.63) is 35.9 Å². The van der Waals surface area contributed by atoms with E-state index in [1.807, 2.05) is 18.2 Å². The molecule has 1 saturated heterocycles. The highest BCUT2D eigenvalue weighted by Crippen LogP contribution is 2.24. The number of likely N-dealkylation sites (tertiary alicyclic amines) is 1. The molecule has 4 heteroatoms. The zero-order chi connectivity index (χ0) is 13.0. The van der Waals surface area contributed by atoms with Gasteiger partial charge < -0.3 is 10.8 Å². The Bertz CT molecular complexity index is 398. The molecule has 1 fully saturated rings. The van der Waals surface area contributed by atoms with Gasteiger partial charge in [-0.1, -0.05) is 30.3 Å². The molecule has 18 heavy (non-hydrogen) atoms. The zero-order valence-electron chi connectivity index (χ0n) is 10.5. The Morgan fingerprint density at radius 1 is 1.28 bits per heavy atom. The van der Waals surface area contributed by atoms with E-state index in [0.29, 0.717) is 0 Å². The highest BCUT2D eigenvalue weighted by molar-refractivity contribution is 5.68. The molecule has 1 heterocycles. The highest BCUT2D eigenvalue weighted by Gasteiger charge is 2.32. The molecule has 0 bridgehead atoms. The van der Waals surface area contributed by atoms with Crippen LogP contribution in [0.15, 0.2) is 30.3 Å². The van der Waals surface area contributed by atoms with Crippen LogP contribution in [0, 0.1) is 0 Å². The monoisotopic (exact) mass is 248 g/mol. The van der Waals surface area contributed by atoms with Crippen molar-refractivity contribution in [1.82, 2.24) is 4.90 Å². The van der Waals surface area contributed by atoms with E-state index in [2.05, 4.69) is 17.0 Å². The Morgan fingerprint density at radius 2 is 1.89 bits per heavy atom. The van der Waals surface area contributed by atoms with Crippen molar-refractivity contribution in [2.75, 3.05) is 13.1 Å². The van der Waals surface area contributed by atoms with Crippen molar-refractivity contribution in [3.8, 4) is 0 Å². The molecule has 0 unspecified atom stereocenters. The maximum absolute atomic E-state index is 10.8. The number of carbonyl (C=O) groups is 1. The van der Waals surface area contributed by atoms with E-state index in [-0.39, 0.29) is 6.42 Å². The lowest BCUT2D eigenvalue weighted by molar-refractivity contribution is -0.138. The summed E-state index contributed by atoms with van der Waals surface area (Å²) < 4.78 is 0. The van der Waals surface area contributed by atoms with E-state index >= 15 is 0 Å². The fraction of sp³-hybridized carbons (Fsp3) is 0.500. The summed E-state index contributed by atoms with van der Waals surface area (Å²) in [5.41, 5.74) is 6.89. The van der Waals surface area contributed by atoms with Crippen LogP contribution in [0.25, 0.3) is 0 Å². The molecule has 0 aromatic heterocycles. The zero-order valence-corrected chi connectivity index (χ0v) is 10.5. The molecule has 1 aromatic carbocycles. The largest absolute Gasteiger partial charge is 0.481 e. The highest BCUT2D eigenvalue weighted by atomic mass is 16.4. The van der Waals surface area contributed by atoms with Crippen LogP contribution in [0.4, 0.5) is 0 Å². The lowest BCUT2D eigenvalue weighted by Crippen LogP contribution is -2.51. The smallest absolute Gasteiger partial charge is 0.305 e. The van der Waals surface area contributed by atoms with Crippen LogP contribution in [0.5, 0.6) is 0 Å². The molecular weight excluding hydrogens is 228 g/mol. The number of carboxylic acid groups (broad SMARTS) is 1. The summed E-state index contributed by atoms with van der Waals surface area (Å²) in [5, 5.41) is 8.84. The quantitative estimate of drug-likeness (QED) is 0.846. The van der Waals surface area contributed by atoms with Gasteiger partial charge in [-0.25, -0.2) is 0 Å². The Labute approximate surface area is 107 Å². The molecule has 0 atom stereocenters. The van der Waals surface area contributed by atoms with Crippen LogP contribution in [-0.2, 0) is 11.3 Å². The summed E-state index contributed by atoms with van der Waals surface area (Å²) in [4.78, 5) is 13.1. The van der Waals surface area contributed by atoms with Crippen molar-refractivity contribution in [1.29, 1.82) is 0 Å². The first-order valence-electron chi connectivity index (χ1n) is 6.34. The number of rotatable bonds is 4. The van der Waals surface area contributed by atoms with Gasteiger partial charge in [-0.05, 0) is 18.4 Å². The van der Waals surface area contributed by atoms with Crippen LogP contribution in [0.1, 0.15) is 24.8 Å². The summed E-state index contributed by atoms with van der Waals surface area (Å²) >= 11 is 0. The molecular formula is C14H20N2O2. The SMILES string of the molecule is NC1(CC(=O)O)CCN(Cc2ccccc2)CC1. The van der Waals surface area contributed by atoms with Gasteiger partial charge in [0.2, 0.25) is 0 Å². The molecule has 0 saturated carbocycles. The Hall–Kier alpha value is -1.39. The Balaban J connectivity index is 1.85. The maximum Gasteiger partial charge on any atom is 0.305 e. The summed E-state index contributed by atoms with van der Waals surface area (Å²) in [6.07, 6.45) is 1.59. The van der Waals surface area contributed by atoms with Crippen LogP contribution >= 0.6 is 0 Å². The molecule has 4 nitrogen and oxygen atoms in total. The first-order valence-corrected chi connectivity index (χ1v) is 6.34. The second-order valence-corrected chi connectivity index (χ2v) is 5.19. The number of hydrogen-bond acceptors (Lipinski definition) is 3. The van der Waals surface area contributed by atoms with Crippen LogP contribution < -0.4 is 5.73 Å². The third-order valence-corrected chi connectivity index (χ3v) is 3.60. The van der Waals surface area contributed by atoms with Crippen molar-refractivity contribution in [2.24, 2.45) is 5.73 Å². The van der Waals surface area contributed by atoms with E-state index < -0.39 is 11.5 Å². The van der Waals surface area contributed by atoms with Gasteiger partial charge in [0.1, 0.15) is 0 Å². The van der Waals surface area contributed by atoms with Gasteiger partial charge in [-0.3, -0.25) is 9.69 Å². The lowest BCUT2D eigenvalue weighted by atomic mass is 9.85. The van der Waals surface area contributed by atoms with Gasteiger partial charge in [0.15, 0.2) is 0 Å². The molecule has 1 aliphatic rings. The van der Waals surface area contributed by atoms with Crippen molar-refractivity contribution in [2.45, 2.75) is 31.3 Å². The van der Waals surface area contributed by atoms with Crippen LogP contribution in [0.2, 0.25) is 0 Å². The first kappa shape index (κ1) is 13.1. The van der Waals surface area contributed by atoms with Crippen molar-refractivity contribution in [3.63, 3.8) is 0 Å². The minimum Gasteiger partial charge on any atom is -0.481 e. The number of nitrogens with zero attached hydrogens (tertiary/aromatic N) is 1. The minimum atomic E-state index is -0.797. The standard InChI is InChI=1S/C14H20N2O2/c15-14(10-13(17)18)6-8-16(9-7-14)11-12-4-2-1-3-5-12/h1-5H,6-11,15H2,(H,17,18). The molecule has 98 valence electrons. The summed E-state index contributed by atoms with van der Waals surface area (Å²) in [7, 11) is 0. The number of nitrogens with two attached hydrogens (primary N) is 1. The van der Waals surface area contributed by atoms with Gasteiger partial charge in [-0.15, -0.1) is 0 Å². The second-order valence-electron chi connectivity index (χ2n) is 5.19. The maximum atomic E-state index is 10.8. The fourth-order valence-electron chi connectivity index (χ4n) is 2.48. The average molecular weight is 248 g/mol. The van der Waals surface area contributed by atoms with E-state index in [1.54, 1.807) is 0 Å². The third-order valence-electron chi connectivity index (χ3n) is 3.60. The van der Waals surface area contributed by atoms with Gasteiger partial charge in [0.05, 0.1) is 6.42 Å². The first-order chi connectivity index (χ1) is 8.57. The number of hydrogen-bond donors (Lipinski definition) is 2. The normalized spacial score (nSPS) is 19.6. The Kier molecular flexibility index (Phi) is 3.99. The lowest BCUT2D eigenvalue weighted by Gasteiger charge is -2.38. The predicted molar refractivity (Wildman–Crippen MR) is 70.1 cm³/mol. The molecule has 3 N–H and O–H groups in total. The van der Waals surface area contributed by atoms with Gasteiger partial charge >= 0.3 is 5.97 Å². The van der Waals surface area contributed by atoms with E-state index in [4.69, 9.17) is 10.8 Å². The van der Waals surface area contributed by atoms with Gasteiger partial charge in [0, 0.05) is 25.2 Å². The molecule has 0 spiro atoms. The fourth-order valence-corrected chi connectivity index (χ4v) is 2.48. The van der Waals surface area contributed by atoms with Crippen molar-refractivity contribution >= 4 is 5.97 Å². The van der Waals surface area contributed by atoms with Gasteiger partial charge in [-0.2, -0.15) is 0 Å². The molecule has 0 aliphatic carbocycles. The average Bonchev–Trinajstić information content (AvgIpc) is 2.33. The second kappa shape index (κ2) is 5.50. The number of piperidine rings is 1. The van der Waals surface area contributed by atoms with Crippen LogP contribution in [-0.4, -0.2) is 34.6 Å². The van der Waals surface area contributed by atoms with Crippen molar-refractivity contribution < 1.29 is 9.90 Å². The van der Waals surface area contributed by atoms with Gasteiger partial charge in [0.25, 0.3) is 0 Å².